The number of hydrogen-bond donors (Lipinski definition) is 8. The summed E-state index contributed by atoms with van der Waals surface area (Å²) in [5.41, 5.74) is 5.88. The highest BCUT2D eigenvalue weighted by molar-refractivity contribution is 5.96. The Balaban J connectivity index is 3.01. The van der Waals surface area contributed by atoms with Crippen molar-refractivity contribution < 1.29 is 44.1 Å². The van der Waals surface area contributed by atoms with E-state index in [0.29, 0.717) is 5.69 Å². The monoisotopic (exact) mass is 456 g/mol. The Bertz CT molecular complexity index is 857. The van der Waals surface area contributed by atoms with Crippen molar-refractivity contribution in [3.8, 4) is 0 Å². The van der Waals surface area contributed by atoms with Crippen molar-refractivity contribution in [1.29, 1.82) is 0 Å². The molecule has 1 heterocycles. The van der Waals surface area contributed by atoms with Gasteiger partial charge in [0, 0.05) is 18.3 Å². The molecule has 4 atom stereocenters. The first-order valence-corrected chi connectivity index (χ1v) is 9.21. The lowest BCUT2D eigenvalue weighted by Crippen LogP contribution is -2.58. The number of hydrogen-bond acceptors (Lipinski definition) is 8. The minimum Gasteiger partial charge on any atom is -0.481 e. The number of aromatic nitrogens is 2. The van der Waals surface area contributed by atoms with E-state index in [2.05, 4.69) is 20.6 Å². The van der Waals surface area contributed by atoms with Crippen LogP contribution in [0.3, 0.4) is 0 Å². The van der Waals surface area contributed by atoms with Gasteiger partial charge in [-0.2, -0.15) is 0 Å². The van der Waals surface area contributed by atoms with E-state index >= 15 is 0 Å². The van der Waals surface area contributed by atoms with Crippen LogP contribution in [0.25, 0.3) is 0 Å². The number of aliphatic carboxylic acids is 3. The molecule has 0 radical (unpaired) electrons. The van der Waals surface area contributed by atoms with Crippen LogP contribution < -0.4 is 21.7 Å². The van der Waals surface area contributed by atoms with Crippen LogP contribution in [0.1, 0.15) is 25.5 Å². The van der Waals surface area contributed by atoms with E-state index in [4.69, 9.17) is 21.1 Å². The highest BCUT2D eigenvalue weighted by atomic mass is 16.4. The van der Waals surface area contributed by atoms with Crippen LogP contribution in [0, 0.1) is 0 Å². The van der Waals surface area contributed by atoms with Crippen molar-refractivity contribution in [3.63, 3.8) is 0 Å². The lowest BCUT2D eigenvalue weighted by Gasteiger charge is -2.23. The molecule has 0 fully saturated rings. The number of rotatable bonds is 13. The first kappa shape index (κ1) is 26.0. The smallest absolute Gasteiger partial charge is 0.325 e. The topological polar surface area (TPSA) is 254 Å². The summed E-state index contributed by atoms with van der Waals surface area (Å²) in [4.78, 5) is 76.5. The molecule has 32 heavy (non-hydrogen) atoms. The Hall–Kier alpha value is -4.01. The summed E-state index contributed by atoms with van der Waals surface area (Å²) in [6.07, 6.45) is 0.897. The highest BCUT2D eigenvalue weighted by Crippen LogP contribution is 2.03. The van der Waals surface area contributed by atoms with E-state index in [1.807, 2.05) is 5.32 Å². The molecular formula is C17H24N6O9. The number of nitrogens with two attached hydrogens (primary N) is 1. The number of nitrogens with zero attached hydrogens (tertiary/aromatic N) is 1. The number of imidazole rings is 1. The zero-order chi connectivity index (χ0) is 24.4. The molecule has 0 aliphatic carbocycles. The van der Waals surface area contributed by atoms with Crippen molar-refractivity contribution in [1.82, 2.24) is 25.9 Å². The van der Waals surface area contributed by atoms with E-state index in [9.17, 15) is 28.8 Å². The molecule has 1 rings (SSSR count). The molecule has 0 bridgehead atoms. The van der Waals surface area contributed by atoms with Gasteiger partial charge in [-0.15, -0.1) is 0 Å². The normalized spacial score (nSPS) is 14.3. The maximum Gasteiger partial charge on any atom is 0.325 e. The third-order valence-electron chi connectivity index (χ3n) is 4.08. The van der Waals surface area contributed by atoms with Crippen LogP contribution in [0.5, 0.6) is 0 Å². The number of H-pyrrole nitrogens is 1. The van der Waals surface area contributed by atoms with Crippen molar-refractivity contribution in [2.45, 2.75) is 50.4 Å². The molecule has 9 N–H and O–H groups in total. The van der Waals surface area contributed by atoms with Gasteiger partial charge in [0.05, 0.1) is 25.2 Å². The average molecular weight is 456 g/mol. The van der Waals surface area contributed by atoms with Crippen LogP contribution in [-0.4, -0.2) is 85.1 Å². The van der Waals surface area contributed by atoms with E-state index in [1.54, 1.807) is 0 Å². The first-order chi connectivity index (χ1) is 14.9. The van der Waals surface area contributed by atoms with Crippen LogP contribution in [0.2, 0.25) is 0 Å². The minimum absolute atomic E-state index is 0.176. The molecule has 0 spiro atoms. The van der Waals surface area contributed by atoms with E-state index in [-0.39, 0.29) is 6.42 Å². The van der Waals surface area contributed by atoms with Crippen molar-refractivity contribution in [3.05, 3.63) is 18.2 Å². The van der Waals surface area contributed by atoms with Gasteiger partial charge < -0.3 is 42.0 Å². The first-order valence-electron chi connectivity index (χ1n) is 9.21. The Kier molecular flexibility index (Phi) is 9.75. The molecular weight excluding hydrogens is 432 g/mol. The molecule has 15 nitrogen and oxygen atoms in total. The Morgan fingerprint density at radius 2 is 1.50 bits per heavy atom. The lowest BCUT2D eigenvalue weighted by atomic mass is 10.1. The fraction of sp³-hybridized carbons (Fsp3) is 0.471. The number of carboxylic acids is 3. The largest absolute Gasteiger partial charge is 0.481 e. The second-order valence-corrected chi connectivity index (χ2v) is 6.77. The molecule has 176 valence electrons. The van der Waals surface area contributed by atoms with Crippen LogP contribution in [-0.2, 0) is 35.2 Å². The predicted octanol–water partition coefficient (Wildman–Crippen LogP) is -3.21. The highest BCUT2D eigenvalue weighted by Gasteiger charge is 2.31. The summed E-state index contributed by atoms with van der Waals surface area (Å²) in [7, 11) is 0. The fourth-order valence-corrected chi connectivity index (χ4v) is 2.42. The van der Waals surface area contributed by atoms with Gasteiger partial charge in [0.25, 0.3) is 0 Å². The minimum atomic E-state index is -1.66. The summed E-state index contributed by atoms with van der Waals surface area (Å²) in [6.45, 7) is 1.14. The number of aromatic amines is 1. The summed E-state index contributed by atoms with van der Waals surface area (Å²) >= 11 is 0. The molecule has 0 aliphatic heterocycles. The zero-order valence-corrected chi connectivity index (χ0v) is 16.9. The Morgan fingerprint density at radius 1 is 0.938 bits per heavy atom. The van der Waals surface area contributed by atoms with Crippen molar-refractivity contribution in [2.75, 3.05) is 0 Å². The van der Waals surface area contributed by atoms with Gasteiger partial charge in [0.2, 0.25) is 17.7 Å². The number of carboxylic acid groups (broad SMARTS) is 3. The SMILES string of the molecule is CC(NC(=O)C(CC(=O)O)NC(=O)C(Cc1cnc[nH]1)NC(=O)C(N)CC(=O)O)C(=O)O. The maximum atomic E-state index is 12.8. The van der Waals surface area contributed by atoms with Crippen LogP contribution in [0.15, 0.2) is 12.5 Å². The standard InChI is InChI=1S/C17H24N6O9/c1-7(17(31)32)21-15(29)11(4-13(26)27)23-16(30)10(2-8-5-19-6-20-8)22-14(28)9(18)3-12(24)25/h5-7,9-11H,2-4,18H2,1H3,(H,19,20)(H,21,29)(H,22,28)(H,23,30)(H,24,25)(H,26,27)(H,31,32). The number of amides is 3. The summed E-state index contributed by atoms with van der Waals surface area (Å²) in [6, 6.07) is -5.87. The summed E-state index contributed by atoms with van der Waals surface area (Å²) < 4.78 is 0. The number of carbonyl (C=O) groups excluding carboxylic acids is 3. The Labute approximate surface area is 180 Å². The fourth-order valence-electron chi connectivity index (χ4n) is 2.42. The third-order valence-corrected chi connectivity index (χ3v) is 4.08. The quantitative estimate of drug-likeness (QED) is 0.146. The Morgan fingerprint density at radius 3 is 2.00 bits per heavy atom. The number of nitrogens with one attached hydrogen (secondary N) is 4. The molecule has 4 unspecified atom stereocenters. The van der Waals surface area contributed by atoms with Crippen molar-refractivity contribution >= 4 is 35.6 Å². The van der Waals surface area contributed by atoms with Crippen molar-refractivity contribution in [2.24, 2.45) is 5.73 Å². The summed E-state index contributed by atoms with van der Waals surface area (Å²) in [5.74, 6) is -7.19. The molecule has 0 saturated heterocycles. The van der Waals surface area contributed by atoms with Gasteiger partial charge in [0.15, 0.2) is 0 Å². The van der Waals surface area contributed by atoms with Crippen LogP contribution in [0.4, 0.5) is 0 Å². The van der Waals surface area contributed by atoms with Gasteiger partial charge in [-0.25, -0.2) is 4.98 Å². The van der Waals surface area contributed by atoms with E-state index in [1.165, 1.54) is 12.5 Å². The number of carbonyl (C=O) groups is 6. The molecule has 0 aliphatic rings. The third kappa shape index (κ3) is 8.78. The molecule has 15 heteroatoms. The van der Waals surface area contributed by atoms with Gasteiger partial charge in [-0.05, 0) is 6.92 Å². The molecule has 1 aromatic rings. The maximum absolute atomic E-state index is 12.8. The molecule has 3 amide bonds. The predicted molar refractivity (Wildman–Crippen MR) is 104 cm³/mol. The zero-order valence-electron chi connectivity index (χ0n) is 16.9. The van der Waals surface area contributed by atoms with E-state index < -0.39 is 72.6 Å². The van der Waals surface area contributed by atoms with Crippen LogP contribution >= 0.6 is 0 Å². The molecule has 0 saturated carbocycles. The molecule has 0 aromatic carbocycles. The molecule has 1 aromatic heterocycles. The second kappa shape index (κ2) is 12.0. The summed E-state index contributed by atoms with van der Waals surface area (Å²) in [5, 5.41) is 33.2. The van der Waals surface area contributed by atoms with Gasteiger partial charge in [-0.1, -0.05) is 0 Å². The van der Waals surface area contributed by atoms with Gasteiger partial charge in [-0.3, -0.25) is 28.8 Å². The van der Waals surface area contributed by atoms with Gasteiger partial charge >= 0.3 is 17.9 Å². The average Bonchev–Trinajstić information content (AvgIpc) is 3.18. The van der Waals surface area contributed by atoms with Gasteiger partial charge in [0.1, 0.15) is 18.1 Å². The second-order valence-electron chi connectivity index (χ2n) is 6.77. The lowest BCUT2D eigenvalue weighted by molar-refractivity contribution is -0.143. The van der Waals surface area contributed by atoms with E-state index in [0.717, 1.165) is 6.92 Å².